The molecule has 1 amide bonds. The number of carbonyl (C=O) groups excluding carboxylic acids is 1. The van der Waals surface area contributed by atoms with Crippen LogP contribution < -0.4 is 25.4 Å². The van der Waals surface area contributed by atoms with Crippen LogP contribution in [0.1, 0.15) is 18.9 Å². The van der Waals surface area contributed by atoms with Crippen molar-refractivity contribution in [1.82, 2.24) is 19.7 Å². The number of likely N-dealkylation sites (N-methyl/N-ethyl adjacent to an activating group) is 2. The number of anilines is 1. The second-order valence-corrected chi connectivity index (χ2v) is 9.60. The molecule has 9 nitrogen and oxygen atoms in total. The summed E-state index contributed by atoms with van der Waals surface area (Å²) in [6.07, 6.45) is 3.74. The third-order valence-electron chi connectivity index (χ3n) is 6.14. The zero-order valence-corrected chi connectivity index (χ0v) is 21.2. The summed E-state index contributed by atoms with van der Waals surface area (Å²) < 4.78 is 2.06. The predicted molar refractivity (Wildman–Crippen MR) is 138 cm³/mol. The van der Waals surface area contributed by atoms with Gasteiger partial charge in [0.15, 0.2) is 5.57 Å². The van der Waals surface area contributed by atoms with Crippen LogP contribution in [0.3, 0.4) is 0 Å². The Morgan fingerprint density at radius 3 is 2.83 bits per heavy atom. The number of nitrogens with zero attached hydrogens (tertiary/aromatic N) is 5. The zero-order valence-electron chi connectivity index (χ0n) is 20.4. The number of thiazole rings is 1. The maximum atomic E-state index is 12.9. The fraction of sp³-hybridized carbons (Fsp3) is 0.440. The first-order valence-corrected chi connectivity index (χ1v) is 12.4. The molecule has 35 heavy (non-hydrogen) atoms. The Labute approximate surface area is 209 Å². The lowest BCUT2D eigenvalue weighted by molar-refractivity contribution is -0.115. The first kappa shape index (κ1) is 26.2. The van der Waals surface area contributed by atoms with Crippen molar-refractivity contribution in [3.63, 3.8) is 0 Å². The van der Waals surface area contributed by atoms with Gasteiger partial charge in [-0.15, -0.1) is 11.3 Å². The minimum atomic E-state index is -0.668. The lowest BCUT2D eigenvalue weighted by Gasteiger charge is -2.24. The molecular weight excluding hydrogens is 462 g/mol. The SMILES string of the molecule is CCn1c(=O)/c(=C\Nc2cccc(CCN(C)C3CCN(C)C3)c2)s/c1=C(/C#N)C(=O)NCC#N. The number of likely N-dealkylation sites (tertiary alicyclic amines) is 1. The Balaban J connectivity index is 1.78. The molecule has 10 heteroatoms. The molecule has 0 radical (unpaired) electrons. The van der Waals surface area contributed by atoms with E-state index in [1.165, 1.54) is 16.6 Å². The Bertz CT molecular complexity index is 1310. The van der Waals surface area contributed by atoms with Crippen molar-refractivity contribution in [3.8, 4) is 12.1 Å². The molecule has 0 spiro atoms. The van der Waals surface area contributed by atoms with Crippen LogP contribution in [0.2, 0.25) is 0 Å². The summed E-state index contributed by atoms with van der Waals surface area (Å²) in [5.74, 6) is -0.668. The smallest absolute Gasteiger partial charge is 0.270 e. The minimum Gasteiger partial charge on any atom is -0.360 e. The van der Waals surface area contributed by atoms with E-state index in [4.69, 9.17) is 5.26 Å². The van der Waals surface area contributed by atoms with Gasteiger partial charge in [0.25, 0.3) is 11.5 Å². The molecule has 1 saturated heterocycles. The van der Waals surface area contributed by atoms with Gasteiger partial charge in [0, 0.05) is 37.6 Å². The number of nitrogens with one attached hydrogen (secondary N) is 2. The number of nitriles is 2. The Morgan fingerprint density at radius 1 is 1.37 bits per heavy atom. The third kappa shape index (κ3) is 6.58. The van der Waals surface area contributed by atoms with Crippen molar-refractivity contribution >= 4 is 34.7 Å². The van der Waals surface area contributed by atoms with Crippen LogP contribution in [0.4, 0.5) is 5.69 Å². The van der Waals surface area contributed by atoms with Gasteiger partial charge in [0.2, 0.25) is 0 Å². The Hall–Kier alpha value is -3.44. The molecule has 0 aliphatic carbocycles. The van der Waals surface area contributed by atoms with E-state index < -0.39 is 5.91 Å². The highest BCUT2D eigenvalue weighted by Crippen LogP contribution is 2.15. The Morgan fingerprint density at radius 2 is 2.17 bits per heavy atom. The highest BCUT2D eigenvalue weighted by atomic mass is 32.1. The van der Waals surface area contributed by atoms with E-state index in [9.17, 15) is 14.9 Å². The molecule has 2 aromatic rings. The van der Waals surface area contributed by atoms with Crippen LogP contribution in [0.5, 0.6) is 0 Å². The van der Waals surface area contributed by atoms with Gasteiger partial charge >= 0.3 is 0 Å². The number of rotatable bonds is 9. The zero-order chi connectivity index (χ0) is 25.4. The molecular formula is C25H31N7O2S. The molecule has 1 fully saturated rings. The molecule has 0 bridgehead atoms. The molecule has 1 aromatic carbocycles. The van der Waals surface area contributed by atoms with Crippen molar-refractivity contribution < 1.29 is 4.79 Å². The molecule has 3 rings (SSSR count). The van der Waals surface area contributed by atoms with E-state index >= 15 is 0 Å². The van der Waals surface area contributed by atoms with E-state index in [-0.39, 0.29) is 22.3 Å². The van der Waals surface area contributed by atoms with Gasteiger partial charge in [-0.3, -0.25) is 14.2 Å². The average Bonchev–Trinajstić information content (AvgIpc) is 3.43. The first-order chi connectivity index (χ1) is 16.9. The van der Waals surface area contributed by atoms with Crippen molar-refractivity contribution in [3.05, 3.63) is 49.4 Å². The number of aromatic nitrogens is 1. The standard InChI is InChI=1S/C25H31N7O2S/c1-4-32-24(34)22(35-25(32)21(15-27)23(33)28-11-10-26)16-29-19-7-5-6-18(14-19)8-13-31(3)20-9-12-30(2)17-20/h5-7,14,16,20,29H,4,8-9,11-13,17H2,1-3H3,(H,28,33)/b22-16+,25-21-. The van der Waals surface area contributed by atoms with Crippen LogP contribution in [0, 0.1) is 22.7 Å². The molecule has 1 aromatic heterocycles. The topological polar surface area (TPSA) is 117 Å². The normalized spacial score (nSPS) is 17.2. The number of benzene rings is 1. The van der Waals surface area contributed by atoms with E-state index in [2.05, 4.69) is 46.7 Å². The van der Waals surface area contributed by atoms with Crippen molar-refractivity contribution in [2.24, 2.45) is 0 Å². The summed E-state index contributed by atoms with van der Waals surface area (Å²) in [6, 6.07) is 12.4. The molecule has 1 atom stereocenters. The number of hydrogen-bond acceptors (Lipinski definition) is 8. The molecule has 0 saturated carbocycles. The predicted octanol–water partition coefficient (Wildman–Crippen LogP) is 0.272. The number of hydrogen-bond donors (Lipinski definition) is 2. The lowest BCUT2D eigenvalue weighted by Crippen LogP contribution is -2.35. The third-order valence-corrected chi connectivity index (χ3v) is 7.27. The molecule has 2 heterocycles. The summed E-state index contributed by atoms with van der Waals surface area (Å²) in [5.41, 5.74) is 1.61. The van der Waals surface area contributed by atoms with Crippen LogP contribution in [-0.2, 0) is 17.8 Å². The van der Waals surface area contributed by atoms with Crippen LogP contribution in [0.15, 0.2) is 29.1 Å². The first-order valence-electron chi connectivity index (χ1n) is 11.6. The molecule has 184 valence electrons. The Kier molecular flexibility index (Phi) is 9.21. The van der Waals surface area contributed by atoms with Gasteiger partial charge in [-0.25, -0.2) is 0 Å². The van der Waals surface area contributed by atoms with Gasteiger partial charge in [-0.2, -0.15) is 10.5 Å². The summed E-state index contributed by atoms with van der Waals surface area (Å²) in [6.45, 7) is 5.11. The molecule has 1 unspecified atom stereocenters. The second kappa shape index (κ2) is 12.3. The largest absolute Gasteiger partial charge is 0.360 e. The molecule has 1 aliphatic rings. The maximum absolute atomic E-state index is 12.9. The van der Waals surface area contributed by atoms with Crippen LogP contribution in [-0.4, -0.2) is 66.6 Å². The summed E-state index contributed by atoms with van der Waals surface area (Å²) >= 11 is 1.08. The van der Waals surface area contributed by atoms with Gasteiger partial charge in [-0.05, 0) is 58.1 Å². The fourth-order valence-electron chi connectivity index (χ4n) is 4.12. The highest BCUT2D eigenvalue weighted by molar-refractivity contribution is 7.07. The monoisotopic (exact) mass is 493 g/mol. The van der Waals surface area contributed by atoms with E-state index in [1.54, 1.807) is 13.1 Å². The summed E-state index contributed by atoms with van der Waals surface area (Å²) in [7, 11) is 4.34. The van der Waals surface area contributed by atoms with Crippen LogP contribution >= 0.6 is 11.3 Å². The van der Waals surface area contributed by atoms with Crippen molar-refractivity contribution in [2.45, 2.75) is 32.4 Å². The van der Waals surface area contributed by atoms with E-state index in [0.29, 0.717) is 17.1 Å². The average molecular weight is 494 g/mol. The van der Waals surface area contributed by atoms with E-state index in [1.807, 2.05) is 24.3 Å². The summed E-state index contributed by atoms with van der Waals surface area (Å²) in [4.78, 5) is 29.9. The summed E-state index contributed by atoms with van der Waals surface area (Å²) in [5, 5.41) is 23.7. The van der Waals surface area contributed by atoms with Gasteiger partial charge in [0.05, 0.1) is 6.07 Å². The van der Waals surface area contributed by atoms with E-state index in [0.717, 1.165) is 43.1 Å². The lowest BCUT2D eigenvalue weighted by atomic mass is 10.1. The molecule has 1 aliphatic heterocycles. The quantitative estimate of drug-likeness (QED) is 0.482. The van der Waals surface area contributed by atoms with Crippen LogP contribution in [0.25, 0.3) is 11.8 Å². The number of amides is 1. The fourth-order valence-corrected chi connectivity index (χ4v) is 5.21. The van der Waals surface area contributed by atoms with Gasteiger partial charge in [0.1, 0.15) is 21.8 Å². The van der Waals surface area contributed by atoms with Gasteiger partial charge in [-0.1, -0.05) is 12.1 Å². The minimum absolute atomic E-state index is 0.177. The van der Waals surface area contributed by atoms with Crippen molar-refractivity contribution in [2.75, 3.05) is 45.6 Å². The second-order valence-electron chi connectivity index (χ2n) is 8.57. The van der Waals surface area contributed by atoms with Crippen molar-refractivity contribution in [1.29, 1.82) is 10.5 Å². The maximum Gasteiger partial charge on any atom is 0.270 e. The number of carbonyl (C=O) groups is 1. The molecule has 2 N–H and O–H groups in total. The highest BCUT2D eigenvalue weighted by Gasteiger charge is 2.22. The van der Waals surface area contributed by atoms with Gasteiger partial charge < -0.3 is 20.4 Å².